The summed E-state index contributed by atoms with van der Waals surface area (Å²) in [6.07, 6.45) is 5.38. The molecule has 2 N–H and O–H groups in total. The van der Waals surface area contributed by atoms with Gasteiger partial charge in [-0.2, -0.15) is 0 Å². The summed E-state index contributed by atoms with van der Waals surface area (Å²) in [7, 11) is -1.20. The lowest BCUT2D eigenvalue weighted by molar-refractivity contribution is 0.681. The minimum Gasteiger partial charge on any atom is -0.251 e. The highest BCUT2D eigenvalue weighted by Gasteiger charge is 2.29. The Balaban J connectivity index is 2.29. The van der Waals surface area contributed by atoms with Crippen molar-refractivity contribution in [3.05, 3.63) is 12.2 Å². The molecule has 2 unspecified atom stereocenters. The topological polar surface area (TPSA) is 43.1 Å². The fourth-order valence-corrected chi connectivity index (χ4v) is 1.24. The van der Waals surface area contributed by atoms with Gasteiger partial charge in [0.25, 0.3) is 0 Å². The summed E-state index contributed by atoms with van der Waals surface area (Å²) in [5.41, 5.74) is 0. The number of allylic oxidation sites excluding steroid dienone is 1. The van der Waals surface area contributed by atoms with Crippen LogP contribution in [-0.2, 0) is 11.0 Å². The van der Waals surface area contributed by atoms with E-state index < -0.39 is 11.0 Å². The van der Waals surface area contributed by atoms with E-state index in [1.807, 2.05) is 13.0 Å². The fraction of sp³-hybridized carbons (Fsp3) is 0.750. The van der Waals surface area contributed by atoms with Crippen molar-refractivity contribution in [2.45, 2.75) is 25.5 Å². The molecular formula is C8H15NOS. The number of rotatable bonds is 3. The van der Waals surface area contributed by atoms with E-state index in [0.29, 0.717) is 0 Å². The largest absolute Gasteiger partial charge is 0.251 e. The van der Waals surface area contributed by atoms with Crippen LogP contribution in [0.4, 0.5) is 0 Å². The maximum atomic E-state index is 10.7. The van der Waals surface area contributed by atoms with Gasteiger partial charge < -0.3 is 0 Å². The van der Waals surface area contributed by atoms with Crippen LogP contribution in [0.1, 0.15) is 20.3 Å². The first-order valence-electron chi connectivity index (χ1n) is 3.94. The third-order valence-corrected chi connectivity index (χ3v) is 3.06. The van der Waals surface area contributed by atoms with Crippen molar-refractivity contribution in [2.24, 2.45) is 17.0 Å². The Morgan fingerprint density at radius 3 is 2.64 bits per heavy atom. The predicted octanol–water partition coefficient (Wildman–Crippen LogP) is 1.21. The minimum absolute atomic E-state index is 0.00259. The Hall–Kier alpha value is -0.150. The highest BCUT2D eigenvalue weighted by molar-refractivity contribution is 7.83. The lowest BCUT2D eigenvalue weighted by Crippen LogP contribution is -2.15. The SMILES string of the molecule is CC(/C=C/[C@H]1C[C@@H]1C)S(N)=O. The lowest BCUT2D eigenvalue weighted by atomic mass is 10.3. The molecule has 0 aromatic carbocycles. The molecule has 0 aromatic rings. The van der Waals surface area contributed by atoms with Gasteiger partial charge in [-0.25, -0.2) is 4.21 Å². The van der Waals surface area contributed by atoms with Crippen molar-refractivity contribution in [1.29, 1.82) is 0 Å². The Kier molecular flexibility index (Phi) is 2.84. The molecule has 0 amide bonds. The van der Waals surface area contributed by atoms with Crippen LogP contribution >= 0.6 is 0 Å². The number of hydrogen-bond acceptors (Lipinski definition) is 1. The van der Waals surface area contributed by atoms with Crippen LogP contribution in [-0.4, -0.2) is 9.46 Å². The van der Waals surface area contributed by atoms with E-state index in [9.17, 15) is 4.21 Å². The van der Waals surface area contributed by atoms with Crippen molar-refractivity contribution in [1.82, 2.24) is 0 Å². The quantitative estimate of drug-likeness (QED) is 0.640. The van der Waals surface area contributed by atoms with Crippen LogP contribution in [0, 0.1) is 11.8 Å². The van der Waals surface area contributed by atoms with Crippen LogP contribution in [0.25, 0.3) is 0 Å². The second-order valence-corrected chi connectivity index (χ2v) is 4.70. The zero-order chi connectivity index (χ0) is 8.43. The minimum atomic E-state index is -1.20. The summed E-state index contributed by atoms with van der Waals surface area (Å²) >= 11 is 0. The monoisotopic (exact) mass is 173 g/mol. The number of nitrogens with two attached hydrogens (primary N) is 1. The molecule has 0 saturated heterocycles. The van der Waals surface area contributed by atoms with Gasteiger partial charge in [0.15, 0.2) is 0 Å². The summed E-state index contributed by atoms with van der Waals surface area (Å²) in [5, 5.41) is 5.20. The second-order valence-electron chi connectivity index (χ2n) is 3.30. The summed E-state index contributed by atoms with van der Waals surface area (Å²) < 4.78 is 10.7. The van der Waals surface area contributed by atoms with Gasteiger partial charge in [-0.1, -0.05) is 19.1 Å². The Bertz CT molecular complexity index is 191. The molecule has 0 aliphatic heterocycles. The molecule has 3 heteroatoms. The van der Waals surface area contributed by atoms with E-state index in [4.69, 9.17) is 5.14 Å². The van der Waals surface area contributed by atoms with Crippen molar-refractivity contribution < 1.29 is 4.21 Å². The molecule has 0 bridgehead atoms. The van der Waals surface area contributed by atoms with E-state index in [0.717, 1.165) is 11.8 Å². The maximum Gasteiger partial charge on any atom is 0.0955 e. The molecule has 64 valence electrons. The average Bonchev–Trinajstić information content (AvgIpc) is 2.61. The van der Waals surface area contributed by atoms with Crippen LogP contribution in [0.3, 0.4) is 0 Å². The molecule has 1 rings (SSSR count). The van der Waals surface area contributed by atoms with Crippen molar-refractivity contribution >= 4 is 11.0 Å². The molecule has 2 nitrogen and oxygen atoms in total. The average molecular weight is 173 g/mol. The van der Waals surface area contributed by atoms with Gasteiger partial charge in [-0.15, -0.1) is 0 Å². The first-order valence-corrected chi connectivity index (χ1v) is 5.22. The first-order chi connectivity index (χ1) is 5.11. The molecular weight excluding hydrogens is 158 g/mol. The van der Waals surface area contributed by atoms with Gasteiger partial charge in [0, 0.05) is 0 Å². The predicted molar refractivity (Wildman–Crippen MR) is 48.2 cm³/mol. The van der Waals surface area contributed by atoms with Crippen LogP contribution in [0.2, 0.25) is 0 Å². The molecule has 1 aliphatic rings. The van der Waals surface area contributed by atoms with E-state index in [1.165, 1.54) is 6.42 Å². The standard InChI is InChI=1S/C8H15NOS/c1-6-5-8(6)4-3-7(2)11(9)10/h3-4,6-8H,5,9H2,1-2H3/b4-3+/t6-,7?,8-,11?/m0/s1. The highest BCUT2D eigenvalue weighted by Crippen LogP contribution is 2.38. The molecule has 0 radical (unpaired) electrons. The molecule has 0 spiro atoms. The van der Waals surface area contributed by atoms with E-state index >= 15 is 0 Å². The first kappa shape index (κ1) is 8.94. The van der Waals surface area contributed by atoms with Crippen LogP contribution < -0.4 is 5.14 Å². The molecule has 11 heavy (non-hydrogen) atoms. The number of hydrogen-bond donors (Lipinski definition) is 1. The van der Waals surface area contributed by atoms with Crippen LogP contribution in [0.15, 0.2) is 12.2 Å². The molecule has 0 heterocycles. The second kappa shape index (κ2) is 3.50. The summed E-state index contributed by atoms with van der Waals surface area (Å²) in [5.74, 6) is 1.55. The molecule has 4 atom stereocenters. The Labute approximate surface area is 70.4 Å². The normalized spacial score (nSPS) is 35.5. The Morgan fingerprint density at radius 2 is 2.27 bits per heavy atom. The maximum absolute atomic E-state index is 10.7. The highest BCUT2D eigenvalue weighted by atomic mass is 32.2. The van der Waals surface area contributed by atoms with Gasteiger partial charge in [0.2, 0.25) is 0 Å². The van der Waals surface area contributed by atoms with Crippen molar-refractivity contribution in [3.8, 4) is 0 Å². The van der Waals surface area contributed by atoms with Gasteiger partial charge in [0.05, 0.1) is 16.2 Å². The third kappa shape index (κ3) is 2.75. The van der Waals surface area contributed by atoms with Crippen LogP contribution in [0.5, 0.6) is 0 Å². The smallest absolute Gasteiger partial charge is 0.0955 e. The lowest BCUT2D eigenvalue weighted by Gasteiger charge is -1.98. The van der Waals surface area contributed by atoms with E-state index in [2.05, 4.69) is 13.0 Å². The fourth-order valence-electron chi connectivity index (χ4n) is 0.996. The van der Waals surface area contributed by atoms with Crippen molar-refractivity contribution in [2.75, 3.05) is 0 Å². The molecule has 1 fully saturated rings. The zero-order valence-electron chi connectivity index (χ0n) is 6.99. The molecule has 1 saturated carbocycles. The van der Waals surface area contributed by atoms with E-state index in [1.54, 1.807) is 0 Å². The zero-order valence-corrected chi connectivity index (χ0v) is 7.80. The van der Waals surface area contributed by atoms with E-state index in [-0.39, 0.29) is 5.25 Å². The van der Waals surface area contributed by atoms with Gasteiger partial charge >= 0.3 is 0 Å². The van der Waals surface area contributed by atoms with Crippen molar-refractivity contribution in [3.63, 3.8) is 0 Å². The Morgan fingerprint density at radius 1 is 1.73 bits per heavy atom. The summed E-state index contributed by atoms with van der Waals surface area (Å²) in [4.78, 5) is 0. The molecule has 1 aliphatic carbocycles. The molecule has 0 aromatic heterocycles. The summed E-state index contributed by atoms with van der Waals surface area (Å²) in [6.45, 7) is 4.10. The van der Waals surface area contributed by atoms with Gasteiger partial charge in [-0.05, 0) is 25.2 Å². The third-order valence-electron chi connectivity index (χ3n) is 2.17. The van der Waals surface area contributed by atoms with Gasteiger partial charge in [-0.3, -0.25) is 5.14 Å². The van der Waals surface area contributed by atoms with Gasteiger partial charge in [0.1, 0.15) is 0 Å². The summed E-state index contributed by atoms with van der Waals surface area (Å²) in [6, 6.07) is 0.